The van der Waals surface area contributed by atoms with Gasteiger partial charge in [-0.2, -0.15) is 0 Å². The summed E-state index contributed by atoms with van der Waals surface area (Å²) in [5, 5.41) is 0. The fraction of sp³-hybridized carbons (Fsp3) is 0. The van der Waals surface area contributed by atoms with Crippen LogP contribution in [-0.4, -0.2) is 25.0 Å². The molecule has 0 aliphatic rings. The molecule has 0 radical (unpaired) electrons. The molecule has 138 valence electrons. The Bertz CT molecular complexity index is 1180. The van der Waals surface area contributed by atoms with Crippen molar-refractivity contribution < 1.29 is 4.79 Å². The fourth-order valence-corrected chi connectivity index (χ4v) is 5.21. The van der Waals surface area contributed by atoms with E-state index in [1.807, 2.05) is 54.6 Å². The number of halogens is 2. The SMILES string of the molecule is O=C(N=c1[se]cc(-c2ccc(Br)cc2)n1-c1ccc(Br)cc1)c1ccccc1. The molecular weight excluding hydrogens is 547 g/mol. The van der Waals surface area contributed by atoms with E-state index in [0.717, 1.165) is 30.3 Å². The van der Waals surface area contributed by atoms with E-state index in [0.29, 0.717) is 5.56 Å². The monoisotopic (exact) mass is 560 g/mol. The van der Waals surface area contributed by atoms with Gasteiger partial charge in [0.25, 0.3) is 0 Å². The van der Waals surface area contributed by atoms with Crippen molar-refractivity contribution in [2.45, 2.75) is 0 Å². The Labute approximate surface area is 185 Å². The van der Waals surface area contributed by atoms with Gasteiger partial charge in [-0.25, -0.2) is 0 Å². The minimum absolute atomic E-state index is 0.0417. The average molecular weight is 561 g/mol. The maximum atomic E-state index is 12.7. The van der Waals surface area contributed by atoms with Crippen LogP contribution in [0.2, 0.25) is 0 Å². The van der Waals surface area contributed by atoms with Gasteiger partial charge < -0.3 is 0 Å². The van der Waals surface area contributed by atoms with Crippen LogP contribution in [0, 0.1) is 0 Å². The van der Waals surface area contributed by atoms with Crippen molar-refractivity contribution in [3.63, 3.8) is 0 Å². The summed E-state index contributed by atoms with van der Waals surface area (Å²) in [6.07, 6.45) is 0. The van der Waals surface area contributed by atoms with Crippen molar-refractivity contribution in [2.75, 3.05) is 0 Å². The first-order valence-electron chi connectivity index (χ1n) is 8.48. The van der Waals surface area contributed by atoms with Crippen LogP contribution in [0.4, 0.5) is 0 Å². The summed E-state index contributed by atoms with van der Waals surface area (Å²) in [5.41, 5.74) is 3.72. The predicted molar refractivity (Wildman–Crippen MR) is 120 cm³/mol. The van der Waals surface area contributed by atoms with E-state index in [9.17, 15) is 4.79 Å². The third kappa shape index (κ3) is 4.20. The second-order valence-electron chi connectivity index (χ2n) is 6.01. The zero-order valence-electron chi connectivity index (χ0n) is 14.5. The van der Waals surface area contributed by atoms with Crippen LogP contribution in [0.3, 0.4) is 0 Å². The normalized spacial score (nSPS) is 11.6. The van der Waals surface area contributed by atoms with Gasteiger partial charge in [0.1, 0.15) is 0 Å². The summed E-state index contributed by atoms with van der Waals surface area (Å²) in [6.45, 7) is 0. The average Bonchev–Trinajstić information content (AvgIpc) is 3.13. The van der Waals surface area contributed by atoms with Gasteiger partial charge in [0.05, 0.1) is 0 Å². The Balaban J connectivity index is 1.89. The number of nitrogens with zero attached hydrogens (tertiary/aromatic N) is 2. The second-order valence-corrected chi connectivity index (χ2v) is 9.59. The minimum atomic E-state index is -0.218. The van der Waals surface area contributed by atoms with Gasteiger partial charge in [0, 0.05) is 0 Å². The molecule has 1 amide bonds. The molecule has 0 fully saturated rings. The summed E-state index contributed by atoms with van der Waals surface area (Å²) in [6, 6.07) is 25.4. The fourth-order valence-electron chi connectivity index (χ4n) is 2.78. The predicted octanol–water partition coefficient (Wildman–Crippen LogP) is 5.47. The number of benzene rings is 3. The molecule has 6 heteroatoms. The van der Waals surface area contributed by atoms with Crippen molar-refractivity contribution in [2.24, 2.45) is 4.99 Å². The molecule has 3 nitrogen and oxygen atoms in total. The van der Waals surface area contributed by atoms with Crippen molar-refractivity contribution >= 4 is 52.3 Å². The maximum absolute atomic E-state index is 12.7. The van der Waals surface area contributed by atoms with Crippen molar-refractivity contribution in [3.05, 3.63) is 103 Å². The van der Waals surface area contributed by atoms with Gasteiger partial charge >= 0.3 is 186 Å². The van der Waals surface area contributed by atoms with Crippen LogP contribution in [0.15, 0.2) is 97.7 Å². The number of hydrogen-bond acceptors (Lipinski definition) is 1. The Kier molecular flexibility index (Phi) is 5.93. The molecule has 0 aliphatic carbocycles. The molecule has 1 heterocycles. The molecule has 0 aliphatic heterocycles. The molecule has 0 bridgehead atoms. The first-order valence-corrected chi connectivity index (χ1v) is 11.9. The molecule has 3 aromatic carbocycles. The summed E-state index contributed by atoms with van der Waals surface area (Å²) in [7, 11) is 0. The molecule has 4 rings (SSSR count). The molecule has 1 aromatic heterocycles. The zero-order chi connectivity index (χ0) is 19.5. The molecule has 0 spiro atoms. The Hall–Kier alpha value is -1.98. The van der Waals surface area contributed by atoms with Crippen LogP contribution >= 0.6 is 31.9 Å². The molecule has 0 unspecified atom stereocenters. The number of carbonyl (C=O) groups is 1. The van der Waals surface area contributed by atoms with E-state index < -0.39 is 0 Å². The third-order valence-corrected chi connectivity index (χ3v) is 6.94. The second kappa shape index (κ2) is 8.58. The number of amides is 1. The van der Waals surface area contributed by atoms with Crippen LogP contribution in [0.5, 0.6) is 0 Å². The van der Waals surface area contributed by atoms with Gasteiger partial charge in [0.15, 0.2) is 0 Å². The summed E-state index contributed by atoms with van der Waals surface area (Å²) < 4.78 is 4.90. The van der Waals surface area contributed by atoms with Crippen LogP contribution in [0.25, 0.3) is 16.9 Å². The molecule has 0 saturated heterocycles. The zero-order valence-corrected chi connectivity index (χ0v) is 19.4. The van der Waals surface area contributed by atoms with Crippen LogP contribution in [-0.2, 0) is 0 Å². The molecular formula is C22H14Br2N2OSe. The Morgan fingerprint density at radius 3 is 2.07 bits per heavy atom. The first-order chi connectivity index (χ1) is 13.6. The summed E-state index contributed by atoms with van der Waals surface area (Å²) in [4.78, 5) is 19.3. The quantitative estimate of drug-likeness (QED) is 0.306. The number of carbonyl (C=O) groups excluding carboxylic acids is 1. The summed E-state index contributed by atoms with van der Waals surface area (Å²) in [5.74, 6) is -0.218. The molecule has 0 atom stereocenters. The molecule has 28 heavy (non-hydrogen) atoms. The standard InChI is InChI=1S/C22H14Br2N2OSe/c23-17-8-6-15(7-9-17)20-14-28-22(25-21(27)16-4-2-1-3-5-16)26(20)19-12-10-18(24)11-13-19/h1-14H. The first kappa shape index (κ1) is 19.3. The Morgan fingerprint density at radius 1 is 0.821 bits per heavy atom. The summed E-state index contributed by atoms with van der Waals surface area (Å²) >= 11 is 6.94. The van der Waals surface area contributed by atoms with E-state index in [1.165, 1.54) is 0 Å². The van der Waals surface area contributed by atoms with E-state index in [1.54, 1.807) is 12.1 Å². The molecule has 0 N–H and O–H groups in total. The van der Waals surface area contributed by atoms with Gasteiger partial charge in [-0.15, -0.1) is 0 Å². The van der Waals surface area contributed by atoms with Crippen molar-refractivity contribution in [3.8, 4) is 16.9 Å². The number of rotatable bonds is 3. The third-order valence-electron chi connectivity index (χ3n) is 4.15. The molecule has 4 aromatic rings. The van der Waals surface area contributed by atoms with E-state index in [-0.39, 0.29) is 20.4 Å². The topological polar surface area (TPSA) is 34.4 Å². The number of aromatic nitrogens is 1. The van der Waals surface area contributed by atoms with Crippen LogP contribution < -0.4 is 4.36 Å². The van der Waals surface area contributed by atoms with Crippen molar-refractivity contribution in [1.29, 1.82) is 0 Å². The van der Waals surface area contributed by atoms with E-state index >= 15 is 0 Å². The molecule has 0 saturated carbocycles. The van der Waals surface area contributed by atoms with E-state index in [2.05, 4.69) is 58.5 Å². The van der Waals surface area contributed by atoms with Gasteiger partial charge in [-0.05, 0) is 0 Å². The van der Waals surface area contributed by atoms with Gasteiger partial charge in [-0.1, -0.05) is 0 Å². The van der Waals surface area contributed by atoms with Crippen molar-refractivity contribution in [1.82, 2.24) is 4.57 Å². The van der Waals surface area contributed by atoms with Gasteiger partial charge in [-0.3, -0.25) is 0 Å². The number of hydrogen-bond donors (Lipinski definition) is 0. The Morgan fingerprint density at radius 2 is 1.43 bits per heavy atom. The van der Waals surface area contributed by atoms with Crippen LogP contribution in [0.1, 0.15) is 10.4 Å². The van der Waals surface area contributed by atoms with E-state index in [4.69, 9.17) is 0 Å². The van der Waals surface area contributed by atoms with Gasteiger partial charge in [0.2, 0.25) is 0 Å².